The normalized spacial score (nSPS) is 11.4. The van der Waals surface area contributed by atoms with Gasteiger partial charge in [-0.15, -0.1) is 0 Å². The number of carbonyl (C=O) groups excluding carboxylic acids is 1. The van der Waals surface area contributed by atoms with E-state index in [2.05, 4.69) is 0 Å². The highest BCUT2D eigenvalue weighted by molar-refractivity contribution is 6.31. The molecule has 0 bridgehead atoms. The second kappa shape index (κ2) is 3.12. The first-order chi connectivity index (χ1) is 7.70. The third kappa shape index (κ3) is 1.12. The third-order valence-corrected chi connectivity index (χ3v) is 3.01. The van der Waals surface area contributed by atoms with Gasteiger partial charge in [-0.3, -0.25) is 4.79 Å². The van der Waals surface area contributed by atoms with Crippen LogP contribution in [0.5, 0.6) is 0 Å². The van der Waals surface area contributed by atoms with Crippen LogP contribution in [-0.2, 0) is 7.05 Å². The minimum atomic E-state index is 0.602. The molecule has 16 heavy (non-hydrogen) atoms. The van der Waals surface area contributed by atoms with Crippen molar-refractivity contribution in [1.29, 1.82) is 0 Å². The molecule has 1 aromatic carbocycles. The van der Waals surface area contributed by atoms with Crippen LogP contribution in [0.3, 0.4) is 0 Å². The largest absolute Gasteiger partial charge is 0.439 e. The Bertz CT molecular complexity index is 709. The fourth-order valence-corrected chi connectivity index (χ4v) is 2.10. The van der Waals surface area contributed by atoms with E-state index < -0.39 is 0 Å². The van der Waals surface area contributed by atoms with E-state index in [0.717, 1.165) is 22.6 Å². The number of benzene rings is 1. The topological polar surface area (TPSA) is 35.1 Å². The van der Waals surface area contributed by atoms with E-state index >= 15 is 0 Å². The lowest BCUT2D eigenvalue weighted by Crippen LogP contribution is -1.92. The van der Waals surface area contributed by atoms with Crippen LogP contribution in [0.25, 0.3) is 22.1 Å². The van der Waals surface area contributed by atoms with Crippen molar-refractivity contribution in [3.05, 3.63) is 35.0 Å². The number of furan rings is 1. The Balaban J connectivity index is 2.49. The molecule has 4 heteroatoms. The standard InChI is InChI=1S/C12H8ClNO2/c1-14-8(6-15)5-10-9-3-2-7(13)4-11(9)16-12(10)14/h2-6H,1H3. The number of fused-ring (bicyclic) bond motifs is 3. The first-order valence-corrected chi connectivity index (χ1v) is 5.21. The summed E-state index contributed by atoms with van der Waals surface area (Å²) >= 11 is 5.89. The smallest absolute Gasteiger partial charge is 0.208 e. The number of carbonyl (C=O) groups is 1. The van der Waals surface area contributed by atoms with Crippen LogP contribution in [-0.4, -0.2) is 10.9 Å². The van der Waals surface area contributed by atoms with Gasteiger partial charge in [-0.2, -0.15) is 0 Å². The van der Waals surface area contributed by atoms with E-state index in [-0.39, 0.29) is 0 Å². The van der Waals surface area contributed by atoms with Crippen molar-refractivity contribution in [3.63, 3.8) is 0 Å². The fourth-order valence-electron chi connectivity index (χ4n) is 1.94. The zero-order chi connectivity index (χ0) is 11.3. The zero-order valence-electron chi connectivity index (χ0n) is 8.53. The number of aldehydes is 1. The summed E-state index contributed by atoms with van der Waals surface area (Å²) in [4.78, 5) is 10.8. The van der Waals surface area contributed by atoms with Gasteiger partial charge in [-0.05, 0) is 18.2 Å². The quantitative estimate of drug-likeness (QED) is 0.604. The Morgan fingerprint density at radius 3 is 2.88 bits per heavy atom. The first-order valence-electron chi connectivity index (χ1n) is 4.83. The molecule has 80 valence electrons. The number of hydrogen-bond acceptors (Lipinski definition) is 2. The highest BCUT2D eigenvalue weighted by atomic mass is 35.5. The number of hydrogen-bond donors (Lipinski definition) is 0. The number of rotatable bonds is 1. The summed E-state index contributed by atoms with van der Waals surface area (Å²) in [5.74, 6) is 0. The summed E-state index contributed by atoms with van der Waals surface area (Å²) in [6.07, 6.45) is 0.817. The maximum atomic E-state index is 10.8. The van der Waals surface area contributed by atoms with Gasteiger partial charge in [0.05, 0.1) is 5.69 Å². The van der Waals surface area contributed by atoms with E-state index in [4.69, 9.17) is 16.0 Å². The molecule has 0 aliphatic carbocycles. The maximum Gasteiger partial charge on any atom is 0.208 e. The van der Waals surface area contributed by atoms with Crippen molar-refractivity contribution >= 4 is 40.0 Å². The zero-order valence-corrected chi connectivity index (χ0v) is 9.28. The number of halogens is 1. The summed E-state index contributed by atoms with van der Waals surface area (Å²) < 4.78 is 7.40. The Morgan fingerprint density at radius 2 is 2.12 bits per heavy atom. The molecule has 0 saturated carbocycles. The van der Waals surface area contributed by atoms with Gasteiger partial charge in [0.1, 0.15) is 5.58 Å². The van der Waals surface area contributed by atoms with Gasteiger partial charge in [0.2, 0.25) is 5.71 Å². The minimum Gasteiger partial charge on any atom is -0.439 e. The molecule has 2 aromatic heterocycles. The molecule has 0 atom stereocenters. The Labute approximate surface area is 96.2 Å². The first kappa shape index (κ1) is 9.48. The van der Waals surface area contributed by atoms with Crippen molar-refractivity contribution in [2.24, 2.45) is 7.05 Å². The lowest BCUT2D eigenvalue weighted by Gasteiger charge is -1.93. The van der Waals surface area contributed by atoms with Crippen LogP contribution in [0.4, 0.5) is 0 Å². The summed E-state index contributed by atoms with van der Waals surface area (Å²) in [5.41, 5.74) is 2.04. The van der Waals surface area contributed by atoms with Crippen LogP contribution in [0.1, 0.15) is 10.5 Å². The molecule has 3 nitrogen and oxygen atoms in total. The Hall–Kier alpha value is -1.74. The van der Waals surface area contributed by atoms with E-state index in [1.807, 2.05) is 18.2 Å². The van der Waals surface area contributed by atoms with E-state index in [9.17, 15) is 4.79 Å². The third-order valence-electron chi connectivity index (χ3n) is 2.78. The Kier molecular flexibility index (Phi) is 1.85. The summed E-state index contributed by atoms with van der Waals surface area (Å²) in [7, 11) is 1.80. The van der Waals surface area contributed by atoms with Crippen LogP contribution in [0.15, 0.2) is 28.7 Å². The van der Waals surface area contributed by atoms with Crippen LogP contribution >= 0.6 is 11.6 Å². The van der Waals surface area contributed by atoms with Crippen LogP contribution < -0.4 is 0 Å². The lowest BCUT2D eigenvalue weighted by atomic mass is 10.2. The van der Waals surface area contributed by atoms with Gasteiger partial charge in [-0.25, -0.2) is 0 Å². The van der Waals surface area contributed by atoms with Gasteiger partial charge in [0, 0.05) is 28.9 Å². The van der Waals surface area contributed by atoms with Gasteiger partial charge in [0.25, 0.3) is 0 Å². The van der Waals surface area contributed by atoms with E-state index in [0.29, 0.717) is 16.4 Å². The van der Waals surface area contributed by atoms with Crippen molar-refractivity contribution < 1.29 is 9.21 Å². The SMILES string of the molecule is Cn1c(C=O)cc2c3ccc(Cl)cc3oc21. The highest BCUT2D eigenvalue weighted by Gasteiger charge is 2.13. The molecule has 3 aromatic rings. The predicted octanol–water partition coefficient (Wildman–Crippen LogP) is 3.39. The maximum absolute atomic E-state index is 10.8. The lowest BCUT2D eigenvalue weighted by molar-refractivity contribution is 0.111. The van der Waals surface area contributed by atoms with Gasteiger partial charge in [-0.1, -0.05) is 11.6 Å². The molecule has 0 N–H and O–H groups in total. The molecule has 0 radical (unpaired) electrons. The summed E-state index contributed by atoms with van der Waals surface area (Å²) in [5, 5.41) is 2.56. The van der Waals surface area contributed by atoms with Crippen LogP contribution in [0.2, 0.25) is 5.02 Å². The van der Waals surface area contributed by atoms with Gasteiger partial charge >= 0.3 is 0 Å². The monoisotopic (exact) mass is 233 g/mol. The minimum absolute atomic E-state index is 0.602. The molecule has 2 heterocycles. The number of nitrogens with zero attached hydrogens (tertiary/aromatic N) is 1. The molecule has 0 fully saturated rings. The van der Waals surface area contributed by atoms with Crippen molar-refractivity contribution in [2.45, 2.75) is 0 Å². The number of aromatic nitrogens is 1. The molecule has 0 saturated heterocycles. The molecule has 0 amide bonds. The molecule has 0 aliphatic rings. The van der Waals surface area contributed by atoms with E-state index in [1.165, 1.54) is 0 Å². The average molecular weight is 234 g/mol. The second-order valence-corrected chi connectivity index (χ2v) is 4.14. The molecule has 3 rings (SSSR count). The summed E-state index contributed by atoms with van der Waals surface area (Å²) in [6, 6.07) is 7.31. The summed E-state index contributed by atoms with van der Waals surface area (Å²) in [6.45, 7) is 0. The van der Waals surface area contributed by atoms with Gasteiger partial charge in [0.15, 0.2) is 6.29 Å². The highest BCUT2D eigenvalue weighted by Crippen LogP contribution is 2.31. The van der Waals surface area contributed by atoms with Crippen molar-refractivity contribution in [3.8, 4) is 0 Å². The van der Waals surface area contributed by atoms with E-state index in [1.54, 1.807) is 17.7 Å². The predicted molar refractivity (Wildman–Crippen MR) is 63.1 cm³/mol. The molecular weight excluding hydrogens is 226 g/mol. The number of aryl methyl sites for hydroxylation is 1. The Morgan fingerprint density at radius 1 is 1.31 bits per heavy atom. The molecule has 0 unspecified atom stereocenters. The van der Waals surface area contributed by atoms with Crippen molar-refractivity contribution in [1.82, 2.24) is 4.57 Å². The average Bonchev–Trinajstić information content (AvgIpc) is 2.75. The van der Waals surface area contributed by atoms with Gasteiger partial charge < -0.3 is 8.98 Å². The molecular formula is C12H8ClNO2. The molecule has 0 aliphatic heterocycles. The van der Waals surface area contributed by atoms with Crippen molar-refractivity contribution in [2.75, 3.05) is 0 Å². The second-order valence-electron chi connectivity index (χ2n) is 3.71. The van der Waals surface area contributed by atoms with Crippen LogP contribution in [0, 0.1) is 0 Å². The fraction of sp³-hybridized carbons (Fsp3) is 0.0833. The molecule has 0 spiro atoms.